The van der Waals surface area contributed by atoms with E-state index in [1.54, 1.807) is 24.3 Å². The van der Waals surface area contributed by atoms with Gasteiger partial charge < -0.3 is 16.2 Å². The van der Waals surface area contributed by atoms with Crippen LogP contribution < -0.4 is 11.1 Å². The van der Waals surface area contributed by atoms with Crippen molar-refractivity contribution in [2.75, 3.05) is 0 Å². The number of carbonyl (C=O) groups excluding carboxylic acids is 1. The van der Waals surface area contributed by atoms with Crippen molar-refractivity contribution in [2.24, 2.45) is 5.73 Å². The highest BCUT2D eigenvalue weighted by Gasteiger charge is 2.15. The van der Waals surface area contributed by atoms with Crippen LogP contribution >= 0.6 is 0 Å². The topological polar surface area (TPSA) is 75.4 Å². The van der Waals surface area contributed by atoms with Crippen molar-refractivity contribution in [3.63, 3.8) is 0 Å². The Balaban J connectivity index is 2.40. The summed E-state index contributed by atoms with van der Waals surface area (Å²) in [5, 5.41) is 11.9. The molecule has 0 aliphatic heterocycles. The molecule has 0 saturated carbocycles. The van der Waals surface area contributed by atoms with Crippen LogP contribution in [0, 0.1) is 0 Å². The third kappa shape index (κ3) is 4.79. The fourth-order valence-corrected chi connectivity index (χ4v) is 1.29. The Kier molecular flexibility index (Phi) is 3.90. The number of benzene rings is 1. The summed E-state index contributed by atoms with van der Waals surface area (Å²) in [5.74, 6) is 0.152. The molecule has 4 heteroatoms. The third-order valence-corrected chi connectivity index (χ3v) is 2.04. The monoisotopic (exact) mass is 222 g/mol. The van der Waals surface area contributed by atoms with Gasteiger partial charge in [0.05, 0.1) is 0 Å². The summed E-state index contributed by atoms with van der Waals surface area (Å²) in [7, 11) is 0. The molecule has 0 saturated heterocycles. The number of carbonyl (C=O) groups is 1. The van der Waals surface area contributed by atoms with E-state index in [1.165, 1.54) is 0 Å². The van der Waals surface area contributed by atoms with Gasteiger partial charge in [0, 0.05) is 18.5 Å². The Bertz CT molecular complexity index is 352. The number of hydrogen-bond donors (Lipinski definition) is 3. The molecule has 0 bridgehead atoms. The van der Waals surface area contributed by atoms with Crippen LogP contribution in [-0.2, 0) is 11.3 Å². The lowest BCUT2D eigenvalue weighted by molar-refractivity contribution is -0.122. The number of nitrogens with one attached hydrogen (secondary N) is 1. The molecule has 0 unspecified atom stereocenters. The Labute approximate surface area is 95.5 Å². The summed E-state index contributed by atoms with van der Waals surface area (Å²) < 4.78 is 0. The molecule has 0 spiro atoms. The van der Waals surface area contributed by atoms with Gasteiger partial charge in [-0.15, -0.1) is 0 Å². The van der Waals surface area contributed by atoms with E-state index < -0.39 is 5.54 Å². The summed E-state index contributed by atoms with van der Waals surface area (Å²) in [6.45, 7) is 4.08. The first-order valence-corrected chi connectivity index (χ1v) is 5.20. The standard InChI is InChI=1S/C12H18N2O2/c1-12(2,13)7-11(16)14-8-9-3-5-10(15)6-4-9/h3-6,15H,7-8,13H2,1-2H3,(H,14,16). The largest absolute Gasteiger partial charge is 0.508 e. The minimum absolute atomic E-state index is 0.0689. The van der Waals surface area contributed by atoms with E-state index >= 15 is 0 Å². The molecule has 1 aromatic carbocycles. The summed E-state index contributed by atoms with van der Waals surface area (Å²) >= 11 is 0. The first kappa shape index (κ1) is 12.5. The van der Waals surface area contributed by atoms with Crippen LogP contribution in [0.15, 0.2) is 24.3 Å². The summed E-state index contributed by atoms with van der Waals surface area (Å²) in [6.07, 6.45) is 0.297. The summed E-state index contributed by atoms with van der Waals surface area (Å²) in [4.78, 5) is 11.5. The zero-order valence-corrected chi connectivity index (χ0v) is 9.66. The quantitative estimate of drug-likeness (QED) is 0.715. The number of phenolic OH excluding ortho intramolecular Hbond substituents is 1. The predicted octanol–water partition coefficient (Wildman–Crippen LogP) is 1.14. The van der Waals surface area contributed by atoms with Crippen molar-refractivity contribution in [3.05, 3.63) is 29.8 Å². The lowest BCUT2D eigenvalue weighted by Gasteiger charge is -2.17. The Morgan fingerprint density at radius 3 is 2.44 bits per heavy atom. The highest BCUT2D eigenvalue weighted by Crippen LogP contribution is 2.09. The minimum atomic E-state index is -0.487. The molecule has 0 aromatic heterocycles. The van der Waals surface area contributed by atoms with E-state index in [9.17, 15) is 4.79 Å². The smallest absolute Gasteiger partial charge is 0.222 e. The lowest BCUT2D eigenvalue weighted by atomic mass is 10.0. The van der Waals surface area contributed by atoms with Crippen LogP contribution in [0.2, 0.25) is 0 Å². The second kappa shape index (κ2) is 4.99. The fraction of sp³-hybridized carbons (Fsp3) is 0.417. The van der Waals surface area contributed by atoms with Gasteiger partial charge in [0.15, 0.2) is 0 Å². The predicted molar refractivity (Wildman–Crippen MR) is 62.8 cm³/mol. The number of nitrogens with two attached hydrogens (primary N) is 1. The average Bonchev–Trinajstić information content (AvgIpc) is 2.14. The average molecular weight is 222 g/mol. The van der Waals surface area contributed by atoms with E-state index in [1.807, 2.05) is 13.8 Å². The Morgan fingerprint density at radius 2 is 1.94 bits per heavy atom. The molecule has 0 fully saturated rings. The molecule has 1 amide bonds. The molecule has 88 valence electrons. The Morgan fingerprint density at radius 1 is 1.38 bits per heavy atom. The van der Waals surface area contributed by atoms with Crippen molar-refractivity contribution in [2.45, 2.75) is 32.4 Å². The SMILES string of the molecule is CC(C)(N)CC(=O)NCc1ccc(O)cc1. The minimum Gasteiger partial charge on any atom is -0.508 e. The second-order valence-corrected chi connectivity index (χ2v) is 4.61. The zero-order chi connectivity index (χ0) is 12.2. The van der Waals surface area contributed by atoms with Gasteiger partial charge in [-0.3, -0.25) is 4.79 Å². The van der Waals surface area contributed by atoms with Gasteiger partial charge in [0.1, 0.15) is 5.75 Å². The molecule has 1 aromatic rings. The Hall–Kier alpha value is -1.55. The van der Waals surface area contributed by atoms with Gasteiger partial charge in [-0.05, 0) is 31.5 Å². The van der Waals surface area contributed by atoms with Gasteiger partial charge in [-0.25, -0.2) is 0 Å². The zero-order valence-electron chi connectivity index (χ0n) is 9.66. The maximum atomic E-state index is 11.5. The molecule has 0 radical (unpaired) electrons. The van der Waals surface area contributed by atoms with Gasteiger partial charge in [0.2, 0.25) is 5.91 Å². The molecule has 0 atom stereocenters. The van der Waals surface area contributed by atoms with Crippen molar-refractivity contribution >= 4 is 5.91 Å². The number of hydrogen-bond acceptors (Lipinski definition) is 3. The molecule has 16 heavy (non-hydrogen) atoms. The van der Waals surface area contributed by atoms with E-state index in [-0.39, 0.29) is 11.7 Å². The molecule has 0 aliphatic carbocycles. The first-order chi connectivity index (χ1) is 7.37. The highest BCUT2D eigenvalue weighted by atomic mass is 16.3. The van der Waals surface area contributed by atoms with Gasteiger partial charge in [-0.2, -0.15) is 0 Å². The van der Waals surface area contributed by atoms with E-state index in [0.717, 1.165) is 5.56 Å². The van der Waals surface area contributed by atoms with Crippen molar-refractivity contribution < 1.29 is 9.90 Å². The lowest BCUT2D eigenvalue weighted by Crippen LogP contribution is -2.38. The number of phenols is 1. The van der Waals surface area contributed by atoms with Crippen LogP contribution in [0.3, 0.4) is 0 Å². The fourth-order valence-electron chi connectivity index (χ4n) is 1.29. The number of aromatic hydroxyl groups is 1. The van der Waals surface area contributed by atoms with Crippen molar-refractivity contribution in [1.29, 1.82) is 0 Å². The molecule has 1 rings (SSSR count). The molecule has 4 nitrogen and oxygen atoms in total. The summed E-state index contributed by atoms with van der Waals surface area (Å²) in [5.41, 5.74) is 6.19. The van der Waals surface area contributed by atoms with E-state index in [0.29, 0.717) is 13.0 Å². The van der Waals surface area contributed by atoms with Crippen LogP contribution in [0.1, 0.15) is 25.8 Å². The molecular formula is C12H18N2O2. The van der Waals surface area contributed by atoms with Crippen molar-refractivity contribution in [3.8, 4) is 5.75 Å². The van der Waals surface area contributed by atoms with Gasteiger partial charge in [-0.1, -0.05) is 12.1 Å². The van der Waals surface area contributed by atoms with Crippen LogP contribution in [-0.4, -0.2) is 16.6 Å². The van der Waals surface area contributed by atoms with Crippen LogP contribution in [0.4, 0.5) is 0 Å². The summed E-state index contributed by atoms with van der Waals surface area (Å²) in [6, 6.07) is 6.72. The molecule has 0 heterocycles. The molecular weight excluding hydrogens is 204 g/mol. The first-order valence-electron chi connectivity index (χ1n) is 5.20. The van der Waals surface area contributed by atoms with E-state index in [4.69, 9.17) is 10.8 Å². The maximum absolute atomic E-state index is 11.5. The molecule has 0 aliphatic rings. The highest BCUT2D eigenvalue weighted by molar-refractivity contribution is 5.77. The molecule has 4 N–H and O–H groups in total. The van der Waals surface area contributed by atoms with Gasteiger partial charge >= 0.3 is 0 Å². The second-order valence-electron chi connectivity index (χ2n) is 4.61. The number of rotatable bonds is 4. The van der Waals surface area contributed by atoms with Gasteiger partial charge in [0.25, 0.3) is 0 Å². The van der Waals surface area contributed by atoms with Crippen LogP contribution in [0.25, 0.3) is 0 Å². The van der Waals surface area contributed by atoms with Crippen LogP contribution in [0.5, 0.6) is 5.75 Å². The van der Waals surface area contributed by atoms with Crippen molar-refractivity contribution in [1.82, 2.24) is 5.32 Å². The third-order valence-electron chi connectivity index (χ3n) is 2.04. The van der Waals surface area contributed by atoms with E-state index in [2.05, 4.69) is 5.32 Å². The normalized spacial score (nSPS) is 11.2. The number of amides is 1. The maximum Gasteiger partial charge on any atom is 0.222 e.